The van der Waals surface area contributed by atoms with Gasteiger partial charge in [-0.1, -0.05) is 36.0 Å². The number of aromatic hydroxyl groups is 2. The number of phenols is 2. The maximum atomic E-state index is 13.2. The van der Waals surface area contributed by atoms with E-state index in [-0.39, 0.29) is 40.1 Å². The minimum absolute atomic E-state index is 0.0248. The van der Waals surface area contributed by atoms with Gasteiger partial charge in [0.2, 0.25) is 0 Å². The Balaban J connectivity index is 1.94. The number of benzene rings is 2. The molecule has 2 aliphatic heterocycles. The van der Waals surface area contributed by atoms with E-state index in [0.717, 1.165) is 16.7 Å². The number of allylic oxidation sites excluding steroid dienone is 1. The zero-order chi connectivity index (χ0) is 23.7. The number of carbonyl (C=O) groups excluding carboxylic acids is 2. The highest BCUT2D eigenvalue weighted by atomic mass is 32.2. The molecule has 4 rings (SSSR count). The molecule has 1 atom stereocenters. The van der Waals surface area contributed by atoms with Crippen LogP contribution in [-0.4, -0.2) is 33.6 Å². The molecule has 8 nitrogen and oxygen atoms in total. The average Bonchev–Trinajstić information content (AvgIpc) is 2.79. The number of hydrogen-bond acceptors (Lipinski definition) is 8. The molecule has 4 N–H and O–H groups in total. The molecule has 33 heavy (non-hydrogen) atoms. The number of ether oxygens (including phenoxy) is 1. The molecule has 2 aliphatic rings. The topological polar surface area (TPSA) is 137 Å². The van der Waals surface area contributed by atoms with E-state index in [1.165, 1.54) is 30.3 Å². The number of amides is 1. The Bertz CT molecular complexity index is 1270. The predicted molar refractivity (Wildman–Crippen MR) is 122 cm³/mol. The minimum atomic E-state index is -0.889. The molecule has 9 heteroatoms. The van der Waals surface area contributed by atoms with E-state index >= 15 is 0 Å². The van der Waals surface area contributed by atoms with Crippen LogP contribution in [0, 0.1) is 11.3 Å². The largest absolute Gasteiger partial charge is 0.508 e. The third-order valence-corrected chi connectivity index (χ3v) is 6.37. The molecule has 0 fully saturated rings. The van der Waals surface area contributed by atoms with Crippen molar-refractivity contribution < 1.29 is 24.5 Å². The average molecular weight is 461 g/mol. The fourth-order valence-corrected chi connectivity index (χ4v) is 4.91. The molecule has 2 heterocycles. The first-order valence-electron chi connectivity index (χ1n) is 9.98. The van der Waals surface area contributed by atoms with Gasteiger partial charge >= 0.3 is 5.97 Å². The zero-order valence-electron chi connectivity index (χ0n) is 17.5. The fourth-order valence-electron chi connectivity index (χ4n) is 3.70. The molecule has 0 saturated carbocycles. The number of nitrogens with two attached hydrogens (primary N) is 1. The van der Waals surface area contributed by atoms with Crippen LogP contribution in [-0.2, 0) is 14.3 Å². The first kappa shape index (κ1) is 22.0. The maximum absolute atomic E-state index is 13.2. The summed E-state index contributed by atoms with van der Waals surface area (Å²) in [5.74, 6) is -2.05. The molecule has 0 spiro atoms. The molecule has 166 valence electrons. The van der Waals surface area contributed by atoms with Crippen molar-refractivity contribution in [2.45, 2.75) is 12.8 Å². The summed E-state index contributed by atoms with van der Waals surface area (Å²) in [6, 6.07) is 14.4. The highest BCUT2D eigenvalue weighted by Gasteiger charge is 2.43. The monoisotopic (exact) mass is 461 g/mol. The number of thioether (sulfide) groups is 1. The highest BCUT2D eigenvalue weighted by Crippen LogP contribution is 2.50. The van der Waals surface area contributed by atoms with Crippen molar-refractivity contribution >= 4 is 28.5 Å². The number of fused-ring (bicyclic) bond motifs is 1. The van der Waals surface area contributed by atoms with Gasteiger partial charge in [0.1, 0.15) is 22.3 Å². The Morgan fingerprint density at radius 1 is 1.15 bits per heavy atom. The fraction of sp³-hybridized carbons (Fsp3) is 0.125. The van der Waals surface area contributed by atoms with Crippen LogP contribution in [0.25, 0.3) is 4.91 Å². The summed E-state index contributed by atoms with van der Waals surface area (Å²) < 4.78 is 5.30. The Hall–Kier alpha value is -4.16. The summed E-state index contributed by atoms with van der Waals surface area (Å²) in [5, 5.41) is 29.5. The first-order chi connectivity index (χ1) is 15.8. The van der Waals surface area contributed by atoms with Crippen LogP contribution in [0.15, 0.2) is 76.6 Å². The lowest BCUT2D eigenvalue weighted by Crippen LogP contribution is -2.40. The number of phenolic OH excluding ortho intramolecular Hbond substituents is 2. The van der Waals surface area contributed by atoms with Crippen molar-refractivity contribution in [3.8, 4) is 17.6 Å². The van der Waals surface area contributed by atoms with E-state index in [1.54, 1.807) is 31.2 Å². The van der Waals surface area contributed by atoms with Gasteiger partial charge in [0, 0.05) is 11.0 Å². The van der Waals surface area contributed by atoms with Crippen LogP contribution in [0.3, 0.4) is 0 Å². The lowest BCUT2D eigenvalue weighted by Gasteiger charge is -2.37. The summed E-state index contributed by atoms with van der Waals surface area (Å²) >= 11 is 1.15. The smallest absolute Gasteiger partial charge is 0.337 e. The number of carbonyl (C=O) groups is 2. The summed E-state index contributed by atoms with van der Waals surface area (Å²) in [5.41, 5.74) is 7.62. The lowest BCUT2D eigenvalue weighted by atomic mass is 9.83. The van der Waals surface area contributed by atoms with Gasteiger partial charge < -0.3 is 20.7 Å². The molecule has 1 amide bonds. The Morgan fingerprint density at radius 2 is 1.76 bits per heavy atom. The van der Waals surface area contributed by atoms with E-state index in [0.29, 0.717) is 16.0 Å². The Morgan fingerprint density at radius 3 is 2.33 bits per heavy atom. The normalized spacial score (nSPS) is 17.9. The minimum Gasteiger partial charge on any atom is -0.508 e. The van der Waals surface area contributed by atoms with Crippen molar-refractivity contribution in [3.05, 3.63) is 87.7 Å². The zero-order valence-corrected chi connectivity index (χ0v) is 18.3. The molecule has 0 aromatic heterocycles. The molecule has 0 aliphatic carbocycles. The van der Waals surface area contributed by atoms with E-state index in [2.05, 4.69) is 0 Å². The Labute approximate surface area is 193 Å². The second kappa shape index (κ2) is 8.76. The van der Waals surface area contributed by atoms with Gasteiger partial charge in [-0.15, -0.1) is 0 Å². The van der Waals surface area contributed by atoms with Crippen molar-refractivity contribution in [1.29, 1.82) is 5.26 Å². The van der Waals surface area contributed by atoms with Crippen LogP contribution in [0.4, 0.5) is 0 Å². The van der Waals surface area contributed by atoms with Gasteiger partial charge in [-0.25, -0.2) is 4.79 Å². The van der Waals surface area contributed by atoms with Crippen LogP contribution in [0.2, 0.25) is 0 Å². The van der Waals surface area contributed by atoms with Gasteiger partial charge in [-0.2, -0.15) is 5.26 Å². The van der Waals surface area contributed by atoms with Crippen molar-refractivity contribution in [2.24, 2.45) is 5.73 Å². The summed E-state index contributed by atoms with van der Waals surface area (Å²) in [6.07, 6.45) is 1.37. The molecule has 0 bridgehead atoms. The van der Waals surface area contributed by atoms with Crippen LogP contribution >= 0.6 is 11.8 Å². The third kappa shape index (κ3) is 3.92. The summed E-state index contributed by atoms with van der Waals surface area (Å²) in [6.45, 7) is 1.76. The van der Waals surface area contributed by atoms with E-state index in [4.69, 9.17) is 10.5 Å². The molecule has 1 unspecified atom stereocenters. The second-order valence-electron chi connectivity index (χ2n) is 7.21. The van der Waals surface area contributed by atoms with Crippen molar-refractivity contribution in [2.75, 3.05) is 6.61 Å². The van der Waals surface area contributed by atoms with E-state index in [1.807, 2.05) is 6.07 Å². The van der Waals surface area contributed by atoms with Crippen molar-refractivity contribution in [3.63, 3.8) is 0 Å². The van der Waals surface area contributed by atoms with Crippen LogP contribution < -0.4 is 5.73 Å². The van der Waals surface area contributed by atoms with Crippen LogP contribution in [0.1, 0.15) is 24.0 Å². The van der Waals surface area contributed by atoms with Crippen molar-refractivity contribution in [1.82, 2.24) is 4.90 Å². The molecule has 2 aromatic rings. The van der Waals surface area contributed by atoms with E-state index < -0.39 is 17.8 Å². The second-order valence-corrected chi connectivity index (χ2v) is 8.24. The molecular weight excluding hydrogens is 442 g/mol. The van der Waals surface area contributed by atoms with Gasteiger partial charge in [0.15, 0.2) is 0 Å². The standard InChI is InChI=1S/C24H19N3O5S/c1-2-32-24(31)21-20(14-5-9-16(29)10-6-14)17(12-25)22(26)27-19(30)11-18(33-23(21)27)13-3-7-15(28)8-4-13/h3-11,20,28-29H,2,26H2,1H3. The molecule has 0 saturated heterocycles. The number of hydrogen-bond donors (Lipinski definition) is 3. The first-order valence-corrected chi connectivity index (χ1v) is 10.8. The third-order valence-electron chi connectivity index (χ3n) is 5.20. The summed E-state index contributed by atoms with van der Waals surface area (Å²) in [7, 11) is 0. The highest BCUT2D eigenvalue weighted by molar-refractivity contribution is 8.11. The molecule has 0 radical (unpaired) electrons. The predicted octanol–water partition coefficient (Wildman–Crippen LogP) is 3.28. The quantitative estimate of drug-likeness (QED) is 0.590. The Kier molecular flexibility index (Phi) is 5.85. The van der Waals surface area contributed by atoms with E-state index in [9.17, 15) is 25.1 Å². The van der Waals surface area contributed by atoms with Crippen LogP contribution in [0.5, 0.6) is 11.5 Å². The molecular formula is C24H19N3O5S. The van der Waals surface area contributed by atoms with Gasteiger partial charge in [-0.05, 0) is 42.3 Å². The lowest BCUT2D eigenvalue weighted by molar-refractivity contribution is -0.138. The number of nitrogens with zero attached hydrogens (tertiary/aromatic N) is 2. The SMILES string of the molecule is CCOC(=O)C1=C2SC(c3ccc(O)cc3)=CC(=O)N2C(N)=C(C#N)C1c1ccc(O)cc1. The summed E-state index contributed by atoms with van der Waals surface area (Å²) in [4.78, 5) is 28.0. The maximum Gasteiger partial charge on any atom is 0.337 e. The number of esters is 1. The van der Waals surface area contributed by atoms with Gasteiger partial charge in [0.25, 0.3) is 5.91 Å². The number of nitriles is 1. The number of rotatable bonds is 4. The molecule has 2 aromatic carbocycles. The van der Waals surface area contributed by atoms with Gasteiger partial charge in [0.05, 0.1) is 29.7 Å². The van der Waals surface area contributed by atoms with Gasteiger partial charge in [-0.3, -0.25) is 9.69 Å².